The van der Waals surface area contributed by atoms with Crippen LogP contribution >= 0.6 is 0 Å². The topological polar surface area (TPSA) is 165 Å². The Morgan fingerprint density at radius 3 is 2.39 bits per heavy atom. The van der Waals surface area contributed by atoms with Gasteiger partial charge in [0.25, 0.3) is 0 Å². The maximum atomic E-state index is 12.6. The van der Waals surface area contributed by atoms with Gasteiger partial charge < -0.3 is 15.2 Å². The van der Waals surface area contributed by atoms with Crippen LogP contribution in [0.5, 0.6) is 0 Å². The molecule has 0 fully saturated rings. The lowest BCUT2D eigenvalue weighted by atomic mass is 9.77. The lowest BCUT2D eigenvalue weighted by Crippen LogP contribution is -2.29. The zero-order valence-electron chi connectivity index (χ0n) is 26.2. The average molecular weight is 646 g/mol. The smallest absolute Gasteiger partial charge is 0.303 e. The average Bonchev–Trinajstić information content (AvgIpc) is 3.17. The van der Waals surface area contributed by atoms with Crippen LogP contribution in [0.2, 0.25) is 0 Å². The number of aryl methyl sites for hydroxylation is 1. The Morgan fingerprint density at radius 1 is 1.07 bits per heavy atom. The molecule has 0 unspecified atom stereocenters. The lowest BCUT2D eigenvalue weighted by molar-refractivity contribution is -0.137. The summed E-state index contributed by atoms with van der Waals surface area (Å²) >= 11 is 0. The first-order valence-electron chi connectivity index (χ1n) is 14.3. The number of nitrogens with zero attached hydrogens (tertiary/aromatic N) is 1. The number of benzene rings is 2. The summed E-state index contributed by atoms with van der Waals surface area (Å²) in [5, 5.41) is 17.8. The second-order valence-electron chi connectivity index (χ2n) is 12.0. The third kappa shape index (κ3) is 8.23. The molecule has 1 heterocycles. The third-order valence-electron chi connectivity index (χ3n) is 7.94. The van der Waals surface area contributed by atoms with Crippen LogP contribution in [0, 0.1) is 6.92 Å². The highest BCUT2D eigenvalue weighted by molar-refractivity contribution is 7.91. The number of anilines is 1. The van der Waals surface area contributed by atoms with Gasteiger partial charge in [-0.05, 0) is 78.9 Å². The molecule has 240 valence electrons. The second kappa shape index (κ2) is 13.8. The van der Waals surface area contributed by atoms with Crippen LogP contribution in [0.15, 0.2) is 75.1 Å². The van der Waals surface area contributed by atoms with Crippen LogP contribution in [0.3, 0.4) is 0 Å². The van der Waals surface area contributed by atoms with Gasteiger partial charge in [-0.1, -0.05) is 46.3 Å². The first kappa shape index (κ1) is 35.2. The van der Waals surface area contributed by atoms with E-state index in [1.54, 1.807) is 30.3 Å². The summed E-state index contributed by atoms with van der Waals surface area (Å²) < 4.78 is 54.4. The minimum atomic E-state index is -3.91. The standard InChI is InChI=1S/C32H43N3O7S2/c1-22-14-15-24(44(33,40)41)20-25(22)31(2,3)28(34-18-9-7-8-13-30(36)37)11-10-12-29-32(4,5)26-19-23(16-17-27(26)35-29)43(38,39)21-42-6/h10-12,14-17,19-20,35H,7-9,13,18,21H2,1-6H3,(H,36,37)(H2,33,40,41)/b11-10+,29-12-,34-28?. The van der Waals surface area contributed by atoms with Crippen molar-refractivity contribution in [3.8, 4) is 0 Å². The van der Waals surface area contributed by atoms with Crippen molar-refractivity contribution in [1.29, 1.82) is 0 Å². The van der Waals surface area contributed by atoms with E-state index in [1.165, 1.54) is 13.2 Å². The molecule has 1 aliphatic heterocycles. The van der Waals surface area contributed by atoms with E-state index >= 15 is 0 Å². The number of nitrogens with two attached hydrogens (primary N) is 1. The number of rotatable bonds is 14. The normalized spacial score (nSPS) is 16.3. The molecule has 4 N–H and O–H groups in total. The molecule has 0 atom stereocenters. The van der Waals surface area contributed by atoms with Gasteiger partial charge in [-0.15, -0.1) is 0 Å². The van der Waals surface area contributed by atoms with E-state index in [2.05, 4.69) is 5.32 Å². The highest BCUT2D eigenvalue weighted by atomic mass is 32.2. The van der Waals surface area contributed by atoms with Crippen LogP contribution < -0.4 is 10.5 Å². The van der Waals surface area contributed by atoms with Crippen molar-refractivity contribution < 1.29 is 31.5 Å². The fourth-order valence-corrected chi connectivity index (χ4v) is 6.87. The molecule has 44 heavy (non-hydrogen) atoms. The van der Waals surface area contributed by atoms with Gasteiger partial charge in [0.1, 0.15) is 0 Å². The minimum absolute atomic E-state index is 0.0202. The maximum Gasteiger partial charge on any atom is 0.303 e. The number of carboxylic acids is 1. The van der Waals surface area contributed by atoms with Gasteiger partial charge in [-0.25, -0.2) is 22.0 Å². The Hall–Kier alpha value is -3.32. The summed E-state index contributed by atoms with van der Waals surface area (Å²) in [7, 11) is -6.15. The largest absolute Gasteiger partial charge is 0.481 e. The number of sulfone groups is 1. The van der Waals surface area contributed by atoms with E-state index in [9.17, 15) is 21.6 Å². The molecule has 12 heteroatoms. The summed E-state index contributed by atoms with van der Waals surface area (Å²) in [5.74, 6) is -1.22. The molecule has 0 amide bonds. The zero-order chi connectivity index (χ0) is 32.9. The van der Waals surface area contributed by atoms with Crippen LogP contribution in [0.4, 0.5) is 5.69 Å². The summed E-state index contributed by atoms with van der Waals surface area (Å²) in [6.07, 6.45) is 7.79. The summed E-state index contributed by atoms with van der Waals surface area (Å²) in [5.41, 5.74) is 3.67. The number of carboxylic acid groups (broad SMARTS) is 1. The number of primary sulfonamides is 1. The monoisotopic (exact) mass is 645 g/mol. The first-order chi connectivity index (χ1) is 20.4. The van der Waals surface area contributed by atoms with Crippen LogP contribution in [0.25, 0.3) is 0 Å². The number of ether oxygens (including phenoxy) is 1. The Morgan fingerprint density at radius 2 is 1.75 bits per heavy atom. The third-order valence-corrected chi connectivity index (χ3v) is 10.4. The summed E-state index contributed by atoms with van der Waals surface area (Å²) in [4.78, 5) is 16.0. The van der Waals surface area contributed by atoms with E-state index in [4.69, 9.17) is 20.0 Å². The van der Waals surface area contributed by atoms with Gasteiger partial charge in [-0.2, -0.15) is 0 Å². The van der Waals surface area contributed by atoms with Crippen molar-refractivity contribution in [3.05, 3.63) is 77.0 Å². The van der Waals surface area contributed by atoms with E-state index in [1.807, 2.05) is 52.8 Å². The second-order valence-corrected chi connectivity index (χ2v) is 15.5. The molecule has 1 aliphatic rings. The van der Waals surface area contributed by atoms with Crippen molar-refractivity contribution in [2.45, 2.75) is 80.9 Å². The van der Waals surface area contributed by atoms with Crippen molar-refractivity contribution in [1.82, 2.24) is 0 Å². The van der Waals surface area contributed by atoms with E-state index < -0.39 is 42.6 Å². The molecule has 10 nitrogen and oxygen atoms in total. The van der Waals surface area contributed by atoms with Gasteiger partial charge in [0.15, 0.2) is 5.94 Å². The number of aliphatic imine (C=N–C) groups is 1. The molecule has 3 rings (SSSR count). The SMILES string of the molecule is COCS(=O)(=O)c1ccc2c(c1)C(C)(C)/C(=C/C=C/C(=NCCCCCC(=O)O)C(C)(C)c1cc(S(N)(=O)=O)ccc1C)N2. The quantitative estimate of drug-likeness (QED) is 0.186. The van der Waals surface area contributed by atoms with Gasteiger partial charge in [0.2, 0.25) is 19.9 Å². The number of allylic oxidation sites excluding steroid dienone is 4. The number of aliphatic carboxylic acids is 1. The predicted molar refractivity (Wildman–Crippen MR) is 173 cm³/mol. The number of carbonyl (C=O) groups is 1. The Bertz CT molecular complexity index is 1700. The highest BCUT2D eigenvalue weighted by Crippen LogP contribution is 2.44. The molecule has 0 saturated heterocycles. The van der Waals surface area contributed by atoms with Gasteiger partial charge in [0.05, 0.1) is 9.79 Å². The Labute approximate surface area is 261 Å². The number of hydrogen-bond donors (Lipinski definition) is 3. The molecular weight excluding hydrogens is 603 g/mol. The summed E-state index contributed by atoms with van der Waals surface area (Å²) in [6, 6.07) is 9.81. The molecule has 2 aromatic rings. The van der Waals surface area contributed by atoms with Crippen LogP contribution in [-0.4, -0.2) is 53.2 Å². The van der Waals surface area contributed by atoms with E-state index in [0.717, 1.165) is 34.5 Å². The van der Waals surface area contributed by atoms with Gasteiger partial charge >= 0.3 is 5.97 Å². The molecule has 0 saturated carbocycles. The number of unbranched alkanes of at least 4 members (excludes halogenated alkanes) is 2. The van der Waals surface area contributed by atoms with E-state index in [0.29, 0.717) is 25.1 Å². The minimum Gasteiger partial charge on any atom is -0.481 e. The Balaban J connectivity index is 1.97. The fourth-order valence-electron chi connectivity index (χ4n) is 5.31. The number of methoxy groups -OCH3 is 1. The number of nitrogens with one attached hydrogen (secondary N) is 1. The van der Waals surface area contributed by atoms with Crippen LogP contribution in [0.1, 0.15) is 70.1 Å². The van der Waals surface area contributed by atoms with Gasteiger partial charge in [0, 0.05) is 48.0 Å². The van der Waals surface area contributed by atoms with Crippen molar-refractivity contribution in [2.75, 3.05) is 24.9 Å². The molecule has 0 aliphatic carbocycles. The van der Waals surface area contributed by atoms with Crippen LogP contribution in [-0.2, 0) is 40.2 Å². The van der Waals surface area contributed by atoms with Crippen molar-refractivity contribution in [3.63, 3.8) is 0 Å². The predicted octanol–water partition coefficient (Wildman–Crippen LogP) is 5.23. The molecule has 2 aromatic carbocycles. The van der Waals surface area contributed by atoms with Crippen molar-refractivity contribution in [2.24, 2.45) is 10.1 Å². The van der Waals surface area contributed by atoms with Gasteiger partial charge in [-0.3, -0.25) is 9.79 Å². The molecule has 0 aromatic heterocycles. The zero-order valence-corrected chi connectivity index (χ0v) is 27.8. The first-order valence-corrected chi connectivity index (χ1v) is 17.5. The van der Waals surface area contributed by atoms with Crippen molar-refractivity contribution >= 4 is 37.2 Å². The maximum absolute atomic E-state index is 12.6. The molecule has 0 radical (unpaired) electrons. The number of hydrogen-bond acceptors (Lipinski definition) is 8. The van der Waals surface area contributed by atoms with E-state index in [-0.39, 0.29) is 16.2 Å². The number of sulfonamides is 1. The molecule has 0 spiro atoms. The highest BCUT2D eigenvalue weighted by Gasteiger charge is 2.36. The molecule has 0 bridgehead atoms. The Kier molecular flexibility index (Phi) is 11.0. The lowest BCUT2D eigenvalue weighted by Gasteiger charge is -2.28. The fraction of sp³-hybridized carbons (Fsp3) is 0.438. The molecular formula is C32H43N3O7S2. The number of fused-ring (bicyclic) bond motifs is 1. The summed E-state index contributed by atoms with van der Waals surface area (Å²) in [6.45, 7) is 10.3.